The third-order valence-electron chi connectivity index (χ3n) is 9.83. The summed E-state index contributed by atoms with van der Waals surface area (Å²) in [4.78, 5) is 17.9. The zero-order valence-corrected chi connectivity index (χ0v) is 19.4. The van der Waals surface area contributed by atoms with Crippen LogP contribution < -0.4 is 10.6 Å². The summed E-state index contributed by atoms with van der Waals surface area (Å²) in [6.07, 6.45) is 2.33. The highest BCUT2D eigenvalue weighted by Gasteiger charge is 2.76. The molecule has 0 saturated carbocycles. The molecule has 2 spiro atoms. The number of nitrogens with zero attached hydrogens (tertiary/aromatic N) is 2. The molecule has 33 heavy (non-hydrogen) atoms. The Bertz CT molecular complexity index is 1240. The first-order valence-electron chi connectivity index (χ1n) is 12.4. The molecule has 6 heterocycles. The van der Waals surface area contributed by atoms with E-state index < -0.39 is 0 Å². The van der Waals surface area contributed by atoms with E-state index in [4.69, 9.17) is 4.74 Å². The monoisotopic (exact) mass is 442 g/mol. The van der Waals surface area contributed by atoms with Gasteiger partial charge in [-0.1, -0.05) is 30.3 Å². The van der Waals surface area contributed by atoms with Crippen LogP contribution >= 0.6 is 0 Å². The van der Waals surface area contributed by atoms with Crippen LogP contribution in [0.5, 0.6) is 0 Å². The smallest absolute Gasteiger partial charge is 0.220 e. The molecule has 2 aromatic carbocycles. The van der Waals surface area contributed by atoms with E-state index in [1.807, 2.05) is 0 Å². The molecule has 7 unspecified atom stereocenters. The largest absolute Gasteiger partial charge is 0.365 e. The van der Waals surface area contributed by atoms with Crippen LogP contribution in [-0.4, -0.2) is 52.8 Å². The molecule has 2 N–H and O–H groups in total. The van der Waals surface area contributed by atoms with E-state index in [9.17, 15) is 4.79 Å². The van der Waals surface area contributed by atoms with Crippen LogP contribution in [0.25, 0.3) is 0 Å². The number of likely N-dealkylation sites (tertiary alicyclic amines) is 1. The molecule has 0 aromatic heterocycles. The lowest BCUT2D eigenvalue weighted by atomic mass is 9.50. The summed E-state index contributed by atoms with van der Waals surface area (Å²) in [5, 5.41) is 7.82. The third kappa shape index (κ3) is 1.88. The van der Waals surface area contributed by atoms with Crippen LogP contribution in [0.15, 0.2) is 42.5 Å². The minimum Gasteiger partial charge on any atom is -0.365 e. The first-order valence-corrected chi connectivity index (χ1v) is 12.4. The highest BCUT2D eigenvalue weighted by Crippen LogP contribution is 2.71. The first-order chi connectivity index (χ1) is 15.9. The summed E-state index contributed by atoms with van der Waals surface area (Å²) in [6.45, 7) is 7.93. The van der Waals surface area contributed by atoms with Crippen molar-refractivity contribution in [3.05, 3.63) is 59.2 Å². The Balaban J connectivity index is 1.50. The highest BCUT2D eigenvalue weighted by molar-refractivity contribution is 5.79. The maximum Gasteiger partial charge on any atom is 0.220 e. The Hall–Kier alpha value is -2.57. The van der Waals surface area contributed by atoms with Crippen molar-refractivity contribution in [3.63, 3.8) is 0 Å². The number of carbonyl (C=O) groups excluding carboxylic acids is 1. The summed E-state index contributed by atoms with van der Waals surface area (Å²) < 4.78 is 6.34. The van der Waals surface area contributed by atoms with Crippen molar-refractivity contribution < 1.29 is 9.53 Å². The van der Waals surface area contributed by atoms with Crippen molar-refractivity contribution in [3.8, 4) is 0 Å². The van der Waals surface area contributed by atoms with E-state index in [1.165, 1.54) is 28.1 Å². The first kappa shape index (κ1) is 18.8. The van der Waals surface area contributed by atoms with Gasteiger partial charge in [-0.15, -0.1) is 0 Å². The maximum absolute atomic E-state index is 13.1. The van der Waals surface area contributed by atoms with Crippen LogP contribution in [0.3, 0.4) is 0 Å². The quantitative estimate of drug-likeness (QED) is 0.662. The van der Waals surface area contributed by atoms with Gasteiger partial charge in [-0.2, -0.15) is 0 Å². The lowest BCUT2D eigenvalue weighted by Gasteiger charge is -2.61. The van der Waals surface area contributed by atoms with E-state index >= 15 is 0 Å². The van der Waals surface area contributed by atoms with E-state index in [-0.39, 0.29) is 46.8 Å². The van der Waals surface area contributed by atoms with Gasteiger partial charge in [0.2, 0.25) is 5.91 Å². The predicted octanol–water partition coefficient (Wildman–Crippen LogP) is 3.56. The molecule has 7 atom stereocenters. The Kier molecular flexibility index (Phi) is 3.17. The summed E-state index contributed by atoms with van der Waals surface area (Å²) in [5.74, 6) is 0.179. The van der Waals surface area contributed by atoms with Gasteiger partial charge in [0.15, 0.2) is 0 Å². The molecule has 170 valence electrons. The van der Waals surface area contributed by atoms with Crippen LogP contribution in [0.1, 0.15) is 56.3 Å². The number of hydrogen-bond acceptors (Lipinski definition) is 5. The molecule has 6 heteroatoms. The van der Waals surface area contributed by atoms with Gasteiger partial charge in [-0.25, -0.2) is 0 Å². The fourth-order valence-electron chi connectivity index (χ4n) is 8.69. The van der Waals surface area contributed by atoms with Crippen LogP contribution in [0, 0.1) is 0 Å². The molecule has 3 saturated heterocycles. The van der Waals surface area contributed by atoms with E-state index in [0.717, 1.165) is 25.9 Å². The van der Waals surface area contributed by atoms with Crippen LogP contribution in [0.4, 0.5) is 11.4 Å². The number of para-hydroxylation sites is 1. The Labute approximate surface area is 194 Å². The second kappa shape index (κ2) is 5.56. The highest BCUT2D eigenvalue weighted by atomic mass is 16.6. The molecule has 6 aliphatic rings. The zero-order chi connectivity index (χ0) is 22.3. The number of ether oxygens (including phenoxy) is 1. The number of carbonyl (C=O) groups is 1. The van der Waals surface area contributed by atoms with Crippen LogP contribution in [-0.2, 0) is 20.4 Å². The summed E-state index contributed by atoms with van der Waals surface area (Å²) in [5.41, 5.74) is 6.30. The molecular weight excluding hydrogens is 412 g/mol. The molecule has 3 fully saturated rings. The van der Waals surface area contributed by atoms with Crippen molar-refractivity contribution in [2.24, 2.45) is 0 Å². The lowest BCUT2D eigenvalue weighted by molar-refractivity contribution is -0.140. The molecule has 2 bridgehead atoms. The Morgan fingerprint density at radius 3 is 2.52 bits per heavy atom. The minimum atomic E-state index is -0.161. The molecular formula is C27H30N4O2. The van der Waals surface area contributed by atoms with Gasteiger partial charge in [-0.3, -0.25) is 9.69 Å². The van der Waals surface area contributed by atoms with Gasteiger partial charge in [0.05, 0.1) is 23.2 Å². The standard InChI is InChI=1S/C27H30N4O2/c1-15(32)30-13-11-26-17-8-4-5-9-18(17)28-23-27(26)12-14-31(24(26)30)21(22-25(2,3)33-22)16-7-6-10-19(29-23)20(16)27/h4-10,21-24,28-29H,11-14H2,1-3H3. The Morgan fingerprint density at radius 2 is 1.73 bits per heavy atom. The second-order valence-corrected chi connectivity index (χ2v) is 11.4. The van der Waals surface area contributed by atoms with Gasteiger partial charge < -0.3 is 20.3 Å². The van der Waals surface area contributed by atoms with Crippen molar-refractivity contribution in [2.45, 2.75) is 74.5 Å². The fourth-order valence-corrected chi connectivity index (χ4v) is 8.69. The maximum atomic E-state index is 13.1. The number of anilines is 2. The summed E-state index contributed by atoms with van der Waals surface area (Å²) >= 11 is 0. The van der Waals surface area contributed by atoms with Crippen LogP contribution in [0.2, 0.25) is 0 Å². The Morgan fingerprint density at radius 1 is 1.00 bits per heavy atom. The van der Waals surface area contributed by atoms with E-state index in [2.05, 4.69) is 76.7 Å². The van der Waals surface area contributed by atoms with Gasteiger partial charge in [0, 0.05) is 36.8 Å². The minimum absolute atomic E-state index is 0.0275. The lowest BCUT2D eigenvalue weighted by Crippen LogP contribution is -2.72. The molecule has 0 aliphatic carbocycles. The number of piperidine rings is 1. The van der Waals surface area contributed by atoms with Crippen molar-refractivity contribution in [2.75, 3.05) is 23.7 Å². The van der Waals surface area contributed by atoms with E-state index in [1.54, 1.807) is 6.92 Å². The SMILES string of the molecule is CC(=O)N1CCC23c4ccccc4NC4Nc5cccc6c5C42CCN(C6C2OC2(C)C)C13. The molecule has 6 nitrogen and oxygen atoms in total. The summed E-state index contributed by atoms with van der Waals surface area (Å²) in [6, 6.07) is 15.8. The predicted molar refractivity (Wildman–Crippen MR) is 126 cm³/mol. The number of rotatable bonds is 1. The molecule has 2 aromatic rings. The summed E-state index contributed by atoms with van der Waals surface area (Å²) in [7, 11) is 0. The topological polar surface area (TPSA) is 60.1 Å². The molecule has 1 amide bonds. The van der Waals surface area contributed by atoms with Crippen molar-refractivity contribution >= 4 is 17.3 Å². The van der Waals surface area contributed by atoms with Crippen molar-refractivity contribution in [1.82, 2.24) is 9.80 Å². The van der Waals surface area contributed by atoms with Gasteiger partial charge in [0.25, 0.3) is 0 Å². The fraction of sp³-hybridized carbons (Fsp3) is 0.519. The van der Waals surface area contributed by atoms with Gasteiger partial charge >= 0.3 is 0 Å². The van der Waals surface area contributed by atoms with Crippen molar-refractivity contribution in [1.29, 1.82) is 0 Å². The third-order valence-corrected chi connectivity index (χ3v) is 9.83. The van der Waals surface area contributed by atoms with Gasteiger partial charge in [0.1, 0.15) is 12.3 Å². The number of benzene rings is 2. The van der Waals surface area contributed by atoms with E-state index in [0.29, 0.717) is 0 Å². The number of hydrogen-bond donors (Lipinski definition) is 2. The normalized spacial score (nSPS) is 41.9. The molecule has 8 rings (SSSR count). The average Bonchev–Trinajstić information content (AvgIpc) is 3.13. The number of nitrogens with one attached hydrogen (secondary N) is 2. The number of epoxide rings is 1. The zero-order valence-electron chi connectivity index (χ0n) is 19.4. The number of fused-ring (bicyclic) bond motifs is 1. The average molecular weight is 443 g/mol. The second-order valence-electron chi connectivity index (χ2n) is 11.4. The van der Waals surface area contributed by atoms with Gasteiger partial charge in [-0.05, 0) is 55.5 Å². The molecule has 0 radical (unpaired) electrons. The number of amides is 1. The molecule has 6 aliphatic heterocycles.